The summed E-state index contributed by atoms with van der Waals surface area (Å²) in [5.41, 5.74) is 8.41. The Morgan fingerprint density at radius 2 is 1.86 bits per heavy atom. The second kappa shape index (κ2) is 11.5. The number of likely N-dealkylation sites (N-methyl/N-ethyl adjacent to an activating group) is 1. The molecule has 2 aromatic rings. The van der Waals surface area contributed by atoms with Crippen LogP contribution in [0.1, 0.15) is 56.6 Å². The zero-order valence-corrected chi connectivity index (χ0v) is 21.0. The minimum atomic E-state index is -0.656. The molecule has 0 bridgehead atoms. The summed E-state index contributed by atoms with van der Waals surface area (Å²) in [4.78, 5) is 39.1. The number of carbonyl (C=O) groups is 2. The van der Waals surface area contributed by atoms with Gasteiger partial charge in [-0.15, -0.1) is 0 Å². The third-order valence-electron chi connectivity index (χ3n) is 7.51. The van der Waals surface area contributed by atoms with Crippen molar-refractivity contribution >= 4 is 22.8 Å². The third kappa shape index (κ3) is 6.20. The Morgan fingerprint density at radius 3 is 2.60 bits per heavy atom. The summed E-state index contributed by atoms with van der Waals surface area (Å²) < 4.78 is 8.97. The number of benzene rings is 1. The fourth-order valence-corrected chi connectivity index (χ4v) is 5.40. The topological polar surface area (TPSA) is 112 Å². The molecule has 1 aromatic carbocycles. The number of hydrogen-bond donors (Lipinski definition) is 2. The van der Waals surface area contributed by atoms with Crippen LogP contribution in [0.2, 0.25) is 0 Å². The van der Waals surface area contributed by atoms with Crippen LogP contribution in [0, 0.1) is 5.92 Å². The molecule has 1 aliphatic heterocycles. The summed E-state index contributed by atoms with van der Waals surface area (Å²) in [6.45, 7) is 3.48. The molecule has 9 heteroatoms. The lowest BCUT2D eigenvalue weighted by atomic mass is 9.86. The first-order chi connectivity index (χ1) is 16.8. The van der Waals surface area contributed by atoms with Crippen LogP contribution in [0.5, 0.6) is 0 Å². The van der Waals surface area contributed by atoms with Crippen LogP contribution in [-0.4, -0.2) is 65.2 Å². The maximum atomic E-state index is 12.9. The molecule has 1 aromatic heterocycles. The fraction of sp³-hybridized carbons (Fsp3) is 0.654. The van der Waals surface area contributed by atoms with E-state index < -0.39 is 11.9 Å². The van der Waals surface area contributed by atoms with Crippen molar-refractivity contribution < 1.29 is 14.3 Å². The van der Waals surface area contributed by atoms with E-state index in [4.69, 9.17) is 10.5 Å². The van der Waals surface area contributed by atoms with E-state index in [1.54, 1.807) is 11.6 Å². The lowest BCUT2D eigenvalue weighted by Crippen LogP contribution is -2.44. The van der Waals surface area contributed by atoms with E-state index in [2.05, 4.69) is 17.3 Å². The molecular formula is C26H39N5O4. The van der Waals surface area contributed by atoms with Gasteiger partial charge in [0.2, 0.25) is 11.8 Å². The van der Waals surface area contributed by atoms with E-state index in [9.17, 15) is 14.4 Å². The standard InChI is InChI=1S/C26H39N5O4/c1-29(17-19-5-8-20(27)9-6-19)13-15-35-14-3-4-18-7-10-21-23(16-18)30(2)26(34)31(21)22-11-12-24(32)28-25(22)33/h7,10,16,19-20,22H,3-6,8-9,11-15,17,27H2,1-2H3,(H,28,32,33). The molecule has 1 aliphatic carbocycles. The van der Waals surface area contributed by atoms with E-state index >= 15 is 0 Å². The number of nitrogens with one attached hydrogen (secondary N) is 1. The summed E-state index contributed by atoms with van der Waals surface area (Å²) in [5, 5.41) is 2.35. The Balaban J connectivity index is 1.24. The number of piperidine rings is 1. The monoisotopic (exact) mass is 485 g/mol. The highest BCUT2D eigenvalue weighted by Gasteiger charge is 2.31. The average molecular weight is 486 g/mol. The molecular weight excluding hydrogens is 446 g/mol. The van der Waals surface area contributed by atoms with Crippen LogP contribution in [0.3, 0.4) is 0 Å². The van der Waals surface area contributed by atoms with Crippen molar-refractivity contribution in [2.45, 2.75) is 63.5 Å². The third-order valence-corrected chi connectivity index (χ3v) is 7.51. The number of hydrogen-bond acceptors (Lipinski definition) is 6. The van der Waals surface area contributed by atoms with E-state index in [0.29, 0.717) is 19.1 Å². The van der Waals surface area contributed by atoms with Crippen molar-refractivity contribution in [1.29, 1.82) is 0 Å². The highest BCUT2D eigenvalue weighted by atomic mass is 16.5. The largest absolute Gasteiger partial charge is 0.380 e. The highest BCUT2D eigenvalue weighted by molar-refractivity contribution is 6.00. The van der Waals surface area contributed by atoms with E-state index in [1.165, 1.54) is 17.4 Å². The highest BCUT2D eigenvalue weighted by Crippen LogP contribution is 2.25. The Bertz CT molecular complexity index is 1100. The molecule has 1 saturated heterocycles. The summed E-state index contributed by atoms with van der Waals surface area (Å²) in [7, 11) is 3.89. The summed E-state index contributed by atoms with van der Waals surface area (Å²) in [5.74, 6) is 0.0614. The van der Waals surface area contributed by atoms with Gasteiger partial charge in [0.15, 0.2) is 0 Å². The van der Waals surface area contributed by atoms with E-state index in [0.717, 1.165) is 67.9 Å². The lowest BCUT2D eigenvalue weighted by Gasteiger charge is -2.29. The second-order valence-electron chi connectivity index (χ2n) is 10.3. The number of imide groups is 1. The Morgan fingerprint density at radius 1 is 1.09 bits per heavy atom. The minimum Gasteiger partial charge on any atom is -0.380 e. The first kappa shape index (κ1) is 25.6. The number of amides is 2. The van der Waals surface area contributed by atoms with Crippen molar-refractivity contribution in [1.82, 2.24) is 19.4 Å². The molecule has 2 aliphatic rings. The van der Waals surface area contributed by atoms with E-state index in [1.807, 2.05) is 18.2 Å². The molecule has 1 atom stereocenters. The van der Waals surface area contributed by atoms with Crippen LogP contribution in [0.15, 0.2) is 23.0 Å². The number of carbonyl (C=O) groups excluding carboxylic acids is 2. The first-order valence-corrected chi connectivity index (χ1v) is 12.9. The van der Waals surface area contributed by atoms with Crippen LogP contribution in [-0.2, 0) is 27.8 Å². The fourth-order valence-electron chi connectivity index (χ4n) is 5.40. The minimum absolute atomic E-state index is 0.238. The van der Waals surface area contributed by atoms with Crippen LogP contribution >= 0.6 is 0 Å². The van der Waals surface area contributed by atoms with Crippen LogP contribution < -0.4 is 16.7 Å². The molecule has 1 unspecified atom stereocenters. The van der Waals surface area contributed by atoms with Gasteiger partial charge in [-0.25, -0.2) is 4.79 Å². The van der Waals surface area contributed by atoms with Gasteiger partial charge in [0.1, 0.15) is 6.04 Å². The van der Waals surface area contributed by atoms with Gasteiger partial charge < -0.3 is 15.4 Å². The van der Waals surface area contributed by atoms with Gasteiger partial charge in [0.25, 0.3) is 0 Å². The van der Waals surface area contributed by atoms with Crippen LogP contribution in [0.25, 0.3) is 11.0 Å². The summed E-state index contributed by atoms with van der Waals surface area (Å²) in [6, 6.07) is 5.67. The first-order valence-electron chi connectivity index (χ1n) is 12.9. The lowest BCUT2D eigenvalue weighted by molar-refractivity contribution is -0.135. The van der Waals surface area contributed by atoms with E-state index in [-0.39, 0.29) is 18.0 Å². The number of nitrogens with zero attached hydrogens (tertiary/aromatic N) is 3. The number of aryl methyl sites for hydroxylation is 2. The summed E-state index contributed by atoms with van der Waals surface area (Å²) in [6.07, 6.45) is 7.10. The van der Waals surface area contributed by atoms with Gasteiger partial charge >= 0.3 is 5.69 Å². The molecule has 192 valence electrons. The quantitative estimate of drug-likeness (QED) is 0.392. The predicted molar refractivity (Wildman–Crippen MR) is 135 cm³/mol. The number of ether oxygens (including phenoxy) is 1. The number of imidazole rings is 1. The Hall–Kier alpha value is -2.49. The molecule has 2 fully saturated rings. The van der Waals surface area contributed by atoms with Crippen molar-refractivity contribution in [2.24, 2.45) is 18.7 Å². The van der Waals surface area contributed by atoms with Crippen molar-refractivity contribution in [3.8, 4) is 0 Å². The van der Waals surface area contributed by atoms with Crippen molar-refractivity contribution in [2.75, 3.05) is 33.4 Å². The molecule has 0 spiro atoms. The summed E-state index contributed by atoms with van der Waals surface area (Å²) >= 11 is 0. The van der Waals surface area contributed by atoms with Gasteiger partial charge in [-0.1, -0.05) is 6.07 Å². The maximum absolute atomic E-state index is 12.9. The molecule has 0 radical (unpaired) electrons. The zero-order valence-electron chi connectivity index (χ0n) is 21.0. The van der Waals surface area contributed by atoms with Gasteiger partial charge in [-0.05, 0) is 75.6 Å². The molecule has 9 nitrogen and oxygen atoms in total. The van der Waals surface area contributed by atoms with Crippen LogP contribution in [0.4, 0.5) is 0 Å². The molecule has 35 heavy (non-hydrogen) atoms. The van der Waals surface area contributed by atoms with Crippen molar-refractivity contribution in [3.05, 3.63) is 34.2 Å². The molecule has 2 heterocycles. The predicted octanol–water partition coefficient (Wildman–Crippen LogP) is 1.72. The molecule has 2 amide bonds. The maximum Gasteiger partial charge on any atom is 0.329 e. The van der Waals surface area contributed by atoms with Crippen molar-refractivity contribution in [3.63, 3.8) is 0 Å². The second-order valence-corrected chi connectivity index (χ2v) is 10.3. The molecule has 4 rings (SSSR count). The number of nitrogens with two attached hydrogens (primary N) is 1. The molecule has 3 N–H and O–H groups in total. The van der Waals surface area contributed by atoms with Gasteiger partial charge in [-0.3, -0.25) is 24.0 Å². The number of fused-ring (bicyclic) bond motifs is 1. The van der Waals surface area contributed by atoms with Gasteiger partial charge in [0, 0.05) is 39.2 Å². The number of rotatable bonds is 10. The Labute approximate surface area is 206 Å². The SMILES string of the molecule is CN(CCOCCCc1ccc2c(c1)n(C)c(=O)n2C1CCC(=O)NC1=O)CC1CCC(N)CC1. The van der Waals surface area contributed by atoms with Gasteiger partial charge in [0.05, 0.1) is 17.6 Å². The normalized spacial score (nSPS) is 23.3. The average Bonchev–Trinajstić information content (AvgIpc) is 3.07. The van der Waals surface area contributed by atoms with Gasteiger partial charge in [-0.2, -0.15) is 0 Å². The zero-order chi connectivity index (χ0) is 24.9. The smallest absolute Gasteiger partial charge is 0.329 e. The number of aromatic nitrogens is 2. The Kier molecular flexibility index (Phi) is 8.41. The molecule has 1 saturated carbocycles.